The van der Waals surface area contributed by atoms with Crippen LogP contribution in [0.1, 0.15) is 40.5 Å². The highest BCUT2D eigenvalue weighted by Gasteiger charge is 2.51. The molecule has 0 aromatic rings. The molecule has 1 aliphatic rings. The van der Waals surface area contributed by atoms with Crippen LogP contribution in [0.15, 0.2) is 0 Å². The van der Waals surface area contributed by atoms with Gasteiger partial charge in [0.1, 0.15) is 0 Å². The lowest BCUT2D eigenvalue weighted by Crippen LogP contribution is -2.54. The molecule has 1 fully saturated rings. The topological polar surface area (TPSA) is 49.3 Å². The van der Waals surface area contributed by atoms with Crippen LogP contribution in [-0.2, 0) is 4.79 Å². The van der Waals surface area contributed by atoms with Gasteiger partial charge in [0.25, 0.3) is 0 Å². The highest BCUT2D eigenvalue weighted by Crippen LogP contribution is 2.49. The van der Waals surface area contributed by atoms with Gasteiger partial charge >= 0.3 is 0 Å². The third-order valence-corrected chi connectivity index (χ3v) is 4.11. The zero-order valence-electron chi connectivity index (χ0n) is 9.55. The second-order valence-electron chi connectivity index (χ2n) is 5.15. The minimum absolute atomic E-state index is 0.0131. The van der Waals surface area contributed by atoms with Gasteiger partial charge in [-0.25, -0.2) is 0 Å². The average molecular weight is 199 g/mol. The van der Waals surface area contributed by atoms with Gasteiger partial charge in [0.05, 0.1) is 0 Å². The lowest BCUT2D eigenvalue weighted by atomic mass is 9.71. The maximum Gasteiger partial charge on any atom is 0.217 e. The Balaban J connectivity index is 2.85. The number of nitrogens with one attached hydrogen (secondary N) is 1. The molecule has 0 spiro atoms. The fraction of sp³-hybridized carbons (Fsp3) is 0.909. The first-order valence-corrected chi connectivity index (χ1v) is 5.23. The molecule has 3 heteroatoms. The van der Waals surface area contributed by atoms with Crippen LogP contribution in [0, 0.1) is 11.3 Å². The molecule has 0 aromatic heterocycles. The number of aliphatic hydroxyl groups excluding tert-OH is 1. The van der Waals surface area contributed by atoms with Crippen LogP contribution in [0.4, 0.5) is 0 Å². The Morgan fingerprint density at radius 1 is 1.50 bits per heavy atom. The standard InChI is InChI=1S/C11H21NO2/c1-8(14)12-11(4)6-5-9(7-13)10(11,2)3/h9,13H,5-7H2,1-4H3,(H,12,14). The third kappa shape index (κ3) is 1.65. The van der Waals surface area contributed by atoms with Crippen molar-refractivity contribution in [2.45, 2.75) is 46.1 Å². The van der Waals surface area contributed by atoms with E-state index in [1.54, 1.807) is 6.92 Å². The summed E-state index contributed by atoms with van der Waals surface area (Å²) in [6.07, 6.45) is 1.94. The van der Waals surface area contributed by atoms with Gasteiger partial charge in [-0.2, -0.15) is 0 Å². The molecule has 0 bridgehead atoms. The number of amides is 1. The van der Waals surface area contributed by atoms with E-state index in [2.05, 4.69) is 26.1 Å². The van der Waals surface area contributed by atoms with Crippen molar-refractivity contribution in [2.75, 3.05) is 6.61 Å². The quantitative estimate of drug-likeness (QED) is 0.704. The summed E-state index contributed by atoms with van der Waals surface area (Å²) >= 11 is 0. The first-order valence-electron chi connectivity index (χ1n) is 5.23. The average Bonchev–Trinajstić information content (AvgIpc) is 2.22. The largest absolute Gasteiger partial charge is 0.396 e. The minimum Gasteiger partial charge on any atom is -0.396 e. The zero-order chi connectivity index (χ0) is 11.0. The molecule has 1 amide bonds. The van der Waals surface area contributed by atoms with Crippen molar-refractivity contribution in [1.82, 2.24) is 5.32 Å². The van der Waals surface area contributed by atoms with Crippen molar-refractivity contribution in [3.63, 3.8) is 0 Å². The second-order valence-corrected chi connectivity index (χ2v) is 5.15. The molecule has 1 saturated carbocycles. The Bertz CT molecular complexity index is 237. The molecular weight excluding hydrogens is 178 g/mol. The molecule has 0 saturated heterocycles. The van der Waals surface area contributed by atoms with Crippen LogP contribution in [-0.4, -0.2) is 23.2 Å². The van der Waals surface area contributed by atoms with E-state index in [4.69, 9.17) is 0 Å². The van der Waals surface area contributed by atoms with Gasteiger partial charge in [-0.15, -0.1) is 0 Å². The first kappa shape index (κ1) is 11.5. The van der Waals surface area contributed by atoms with E-state index in [-0.39, 0.29) is 23.5 Å². The Labute approximate surface area is 85.9 Å². The summed E-state index contributed by atoms with van der Waals surface area (Å²) in [6, 6.07) is 0. The summed E-state index contributed by atoms with van der Waals surface area (Å²) in [6.45, 7) is 8.08. The maximum absolute atomic E-state index is 11.1. The fourth-order valence-electron chi connectivity index (χ4n) is 2.53. The van der Waals surface area contributed by atoms with Crippen LogP contribution < -0.4 is 5.32 Å². The van der Waals surface area contributed by atoms with Gasteiger partial charge in [-0.1, -0.05) is 13.8 Å². The maximum atomic E-state index is 11.1. The lowest BCUT2D eigenvalue weighted by Gasteiger charge is -2.41. The number of hydrogen-bond acceptors (Lipinski definition) is 2. The molecule has 3 nitrogen and oxygen atoms in total. The summed E-state index contributed by atoms with van der Waals surface area (Å²) in [5.41, 5.74) is -0.209. The number of aliphatic hydroxyl groups is 1. The van der Waals surface area contributed by atoms with E-state index >= 15 is 0 Å². The fourth-order valence-corrected chi connectivity index (χ4v) is 2.53. The molecule has 0 heterocycles. The molecule has 0 aliphatic heterocycles. The molecule has 1 aliphatic carbocycles. The Morgan fingerprint density at radius 3 is 2.43 bits per heavy atom. The van der Waals surface area contributed by atoms with E-state index in [1.807, 2.05) is 0 Å². The van der Waals surface area contributed by atoms with Crippen LogP contribution in [0.2, 0.25) is 0 Å². The molecular formula is C11H21NO2. The van der Waals surface area contributed by atoms with E-state index in [0.29, 0.717) is 5.92 Å². The smallest absolute Gasteiger partial charge is 0.217 e. The molecule has 1 rings (SSSR count). The van der Waals surface area contributed by atoms with E-state index in [1.165, 1.54) is 0 Å². The Kier molecular flexibility index (Phi) is 2.91. The zero-order valence-corrected chi connectivity index (χ0v) is 9.55. The SMILES string of the molecule is CC(=O)NC1(C)CCC(CO)C1(C)C. The minimum atomic E-state index is -0.174. The van der Waals surface area contributed by atoms with Gasteiger partial charge < -0.3 is 10.4 Å². The van der Waals surface area contributed by atoms with Gasteiger partial charge in [0.15, 0.2) is 0 Å². The monoisotopic (exact) mass is 199 g/mol. The lowest BCUT2D eigenvalue weighted by molar-refractivity contribution is -0.122. The number of rotatable bonds is 2. The predicted molar refractivity (Wildman–Crippen MR) is 55.8 cm³/mol. The van der Waals surface area contributed by atoms with Crippen LogP contribution in [0.25, 0.3) is 0 Å². The summed E-state index contributed by atoms with van der Waals surface area (Å²) < 4.78 is 0. The van der Waals surface area contributed by atoms with Crippen molar-refractivity contribution in [3.05, 3.63) is 0 Å². The molecule has 2 atom stereocenters. The van der Waals surface area contributed by atoms with Crippen molar-refractivity contribution in [1.29, 1.82) is 0 Å². The van der Waals surface area contributed by atoms with Crippen molar-refractivity contribution < 1.29 is 9.90 Å². The molecule has 82 valence electrons. The Hall–Kier alpha value is -0.570. The van der Waals surface area contributed by atoms with Crippen molar-refractivity contribution >= 4 is 5.91 Å². The van der Waals surface area contributed by atoms with E-state index in [9.17, 15) is 9.90 Å². The number of carbonyl (C=O) groups excluding carboxylic acids is 1. The Morgan fingerprint density at radius 2 is 2.07 bits per heavy atom. The number of carbonyl (C=O) groups is 1. The number of hydrogen-bond donors (Lipinski definition) is 2. The molecule has 14 heavy (non-hydrogen) atoms. The summed E-state index contributed by atoms with van der Waals surface area (Å²) in [4.78, 5) is 11.1. The van der Waals surface area contributed by atoms with Crippen molar-refractivity contribution in [2.24, 2.45) is 11.3 Å². The van der Waals surface area contributed by atoms with Gasteiger partial charge in [0.2, 0.25) is 5.91 Å². The van der Waals surface area contributed by atoms with Gasteiger partial charge in [-0.3, -0.25) is 4.79 Å². The van der Waals surface area contributed by atoms with Gasteiger partial charge in [-0.05, 0) is 31.1 Å². The van der Waals surface area contributed by atoms with Crippen LogP contribution in [0.5, 0.6) is 0 Å². The molecule has 0 aromatic carbocycles. The molecule has 2 N–H and O–H groups in total. The van der Waals surface area contributed by atoms with E-state index in [0.717, 1.165) is 12.8 Å². The predicted octanol–water partition coefficient (Wildman–Crippen LogP) is 1.31. The highest BCUT2D eigenvalue weighted by atomic mass is 16.3. The van der Waals surface area contributed by atoms with Crippen LogP contribution in [0.3, 0.4) is 0 Å². The van der Waals surface area contributed by atoms with Gasteiger partial charge in [0, 0.05) is 19.1 Å². The third-order valence-electron chi connectivity index (χ3n) is 4.11. The molecule has 2 unspecified atom stereocenters. The summed E-state index contributed by atoms with van der Waals surface area (Å²) in [5, 5.41) is 12.3. The second kappa shape index (κ2) is 3.54. The van der Waals surface area contributed by atoms with E-state index < -0.39 is 0 Å². The summed E-state index contributed by atoms with van der Waals surface area (Å²) in [7, 11) is 0. The normalized spacial score (nSPS) is 35.6. The van der Waals surface area contributed by atoms with Crippen LogP contribution >= 0.6 is 0 Å². The highest BCUT2D eigenvalue weighted by molar-refractivity contribution is 5.74. The molecule has 0 radical (unpaired) electrons. The summed E-state index contributed by atoms with van der Waals surface area (Å²) in [5.74, 6) is 0.304. The van der Waals surface area contributed by atoms with Crippen molar-refractivity contribution in [3.8, 4) is 0 Å². The first-order chi connectivity index (χ1) is 6.33.